The number of nitrogens with one attached hydrogen (secondary N) is 1. The average molecular weight is 463 g/mol. The molecule has 1 saturated heterocycles. The van der Waals surface area contributed by atoms with Gasteiger partial charge >= 0.3 is 12.3 Å². The number of fused-ring (bicyclic) bond motifs is 1. The molecule has 1 fully saturated rings. The summed E-state index contributed by atoms with van der Waals surface area (Å²) in [6.07, 6.45) is -9.73. The van der Waals surface area contributed by atoms with Crippen LogP contribution in [-0.2, 0) is 19.7 Å². The molecule has 0 saturated carbocycles. The minimum atomic E-state index is -4.95. The molecule has 0 radical (unpaired) electrons. The van der Waals surface area contributed by atoms with Crippen LogP contribution in [0.4, 0.5) is 28.0 Å². The second-order valence-electron chi connectivity index (χ2n) is 8.51. The van der Waals surface area contributed by atoms with Crippen molar-refractivity contribution in [2.45, 2.75) is 57.2 Å². The van der Waals surface area contributed by atoms with E-state index in [-0.39, 0.29) is 0 Å². The zero-order chi connectivity index (χ0) is 24.1. The number of amides is 1. The van der Waals surface area contributed by atoms with Gasteiger partial charge in [-0.15, -0.1) is 0 Å². The predicted octanol–water partition coefficient (Wildman–Crippen LogP) is 3.81. The van der Waals surface area contributed by atoms with Crippen LogP contribution in [0, 0.1) is 21.8 Å². The number of aliphatic imine (C=N–C) groups is 1. The third-order valence-corrected chi connectivity index (χ3v) is 5.05. The van der Waals surface area contributed by atoms with E-state index in [1.54, 1.807) is 0 Å². The van der Waals surface area contributed by atoms with E-state index in [2.05, 4.69) is 4.99 Å². The van der Waals surface area contributed by atoms with Gasteiger partial charge in [-0.3, -0.25) is 10.1 Å². The molecule has 4 atom stereocenters. The monoisotopic (exact) mass is 463 g/mol. The Morgan fingerprint density at radius 1 is 1.34 bits per heavy atom. The first kappa shape index (κ1) is 23.7. The van der Waals surface area contributed by atoms with Gasteiger partial charge in [-0.1, -0.05) is 0 Å². The van der Waals surface area contributed by atoms with Crippen molar-refractivity contribution in [3.05, 3.63) is 39.7 Å². The number of halogens is 4. The van der Waals surface area contributed by atoms with Gasteiger partial charge in [0.25, 0.3) is 11.7 Å². The molecule has 2 aliphatic rings. The summed E-state index contributed by atoms with van der Waals surface area (Å²) in [5, 5.41) is 13.2. The molecular weight excluding hydrogens is 442 g/mol. The first-order valence-electron chi connectivity index (χ1n) is 9.53. The minimum absolute atomic E-state index is 0.470. The zero-order valence-corrected chi connectivity index (χ0v) is 17.5. The highest BCUT2D eigenvalue weighted by Gasteiger charge is 2.64. The van der Waals surface area contributed by atoms with E-state index in [0.717, 1.165) is 18.2 Å². The summed E-state index contributed by atoms with van der Waals surface area (Å²) >= 11 is 0. The molecule has 2 aliphatic heterocycles. The maximum absolute atomic E-state index is 14.8. The fraction of sp³-hybridized carbons (Fsp3) is 0.579. The standard InChI is InChI=1S/C19H21F4N3O6/c1-9-13-14(19(21,22)23)31-15(24-16(27)32-17(2,3)4)25-18(13,8-30-9)11-7-10(26(28)29)5-6-12(11)20/h5-7,9,13-14H,8H2,1-4H3,(H,24,25,27)/t9-,13?,14+,18?/m1/s1. The van der Waals surface area contributed by atoms with Gasteiger partial charge in [-0.2, -0.15) is 13.2 Å². The van der Waals surface area contributed by atoms with Crippen molar-refractivity contribution in [3.63, 3.8) is 0 Å². The van der Waals surface area contributed by atoms with Crippen LogP contribution >= 0.6 is 0 Å². The van der Waals surface area contributed by atoms with Gasteiger partial charge in [-0.25, -0.2) is 19.5 Å². The molecule has 9 nitrogen and oxygen atoms in total. The number of amidine groups is 1. The summed E-state index contributed by atoms with van der Waals surface area (Å²) in [6, 6.07) is 1.61. The van der Waals surface area contributed by atoms with Crippen LogP contribution in [0.5, 0.6) is 0 Å². The van der Waals surface area contributed by atoms with Crippen molar-refractivity contribution in [2.24, 2.45) is 10.9 Å². The molecule has 0 spiro atoms. The van der Waals surface area contributed by atoms with E-state index in [1.165, 1.54) is 27.7 Å². The molecule has 0 aliphatic carbocycles. The molecule has 2 unspecified atom stereocenters. The second kappa shape index (κ2) is 7.87. The van der Waals surface area contributed by atoms with Gasteiger partial charge < -0.3 is 14.2 Å². The molecule has 32 heavy (non-hydrogen) atoms. The Kier molecular flexibility index (Phi) is 5.83. The Bertz CT molecular complexity index is 961. The molecular formula is C19H21F4N3O6. The summed E-state index contributed by atoms with van der Waals surface area (Å²) < 4.78 is 72.1. The number of carbonyl (C=O) groups excluding carboxylic acids is 1. The van der Waals surface area contributed by atoms with Gasteiger partial charge in [0.1, 0.15) is 17.0 Å². The fourth-order valence-electron chi connectivity index (χ4n) is 3.85. The van der Waals surface area contributed by atoms with E-state index in [4.69, 9.17) is 14.2 Å². The largest absolute Gasteiger partial charge is 0.451 e. The quantitative estimate of drug-likeness (QED) is 0.406. The van der Waals surface area contributed by atoms with Crippen LogP contribution in [0.15, 0.2) is 23.2 Å². The van der Waals surface area contributed by atoms with Crippen molar-refractivity contribution in [1.29, 1.82) is 0 Å². The molecule has 1 amide bonds. The van der Waals surface area contributed by atoms with Crippen LogP contribution in [0.2, 0.25) is 0 Å². The van der Waals surface area contributed by atoms with Crippen LogP contribution in [0.25, 0.3) is 0 Å². The Balaban J connectivity index is 2.16. The molecule has 2 heterocycles. The molecule has 1 N–H and O–H groups in total. The third kappa shape index (κ3) is 4.47. The van der Waals surface area contributed by atoms with Crippen molar-refractivity contribution in [3.8, 4) is 0 Å². The lowest BCUT2D eigenvalue weighted by Crippen LogP contribution is -2.57. The highest BCUT2D eigenvalue weighted by atomic mass is 19.4. The SMILES string of the molecule is C[C@H]1OCC2(c3cc([N+](=O)[O-])ccc3F)N=C(NC(=O)OC(C)(C)C)O[C@H](C(F)(F)F)C12. The molecule has 3 rings (SSSR count). The third-order valence-electron chi connectivity index (χ3n) is 5.05. The molecule has 1 aromatic rings. The number of nitro benzene ring substituents is 1. The highest BCUT2D eigenvalue weighted by Crippen LogP contribution is 2.52. The topological polar surface area (TPSA) is 112 Å². The minimum Gasteiger partial charge on any atom is -0.451 e. The number of non-ortho nitro benzene ring substituents is 1. The summed E-state index contributed by atoms with van der Waals surface area (Å²) in [6.45, 7) is 5.43. The maximum Gasteiger partial charge on any atom is 0.426 e. The second-order valence-corrected chi connectivity index (χ2v) is 8.51. The van der Waals surface area contributed by atoms with Gasteiger partial charge in [0.15, 0.2) is 0 Å². The number of nitrogens with zero attached hydrogens (tertiary/aromatic N) is 2. The Hall–Kier alpha value is -2.96. The number of nitro groups is 1. The lowest BCUT2D eigenvalue weighted by molar-refractivity contribution is -0.385. The number of hydrogen-bond acceptors (Lipinski definition) is 7. The van der Waals surface area contributed by atoms with Crippen LogP contribution in [0.3, 0.4) is 0 Å². The summed E-state index contributed by atoms with van der Waals surface area (Å²) in [5.74, 6) is -2.59. The first-order chi connectivity index (χ1) is 14.6. The van der Waals surface area contributed by atoms with E-state index in [1.807, 2.05) is 5.32 Å². The van der Waals surface area contributed by atoms with E-state index < -0.39 is 76.2 Å². The predicted molar refractivity (Wildman–Crippen MR) is 101 cm³/mol. The van der Waals surface area contributed by atoms with Crippen LogP contribution in [0.1, 0.15) is 33.3 Å². The summed E-state index contributed by atoms with van der Waals surface area (Å²) in [7, 11) is 0. The number of ether oxygens (including phenoxy) is 3. The smallest absolute Gasteiger partial charge is 0.426 e. The van der Waals surface area contributed by atoms with E-state index in [9.17, 15) is 32.5 Å². The normalized spacial score (nSPS) is 27.8. The van der Waals surface area contributed by atoms with Gasteiger partial charge in [-0.05, 0) is 33.8 Å². The van der Waals surface area contributed by atoms with Crippen molar-refractivity contribution < 1.29 is 41.5 Å². The van der Waals surface area contributed by atoms with Crippen LogP contribution in [-0.4, -0.2) is 47.6 Å². The molecule has 1 aromatic carbocycles. The first-order valence-corrected chi connectivity index (χ1v) is 9.53. The summed E-state index contributed by atoms with van der Waals surface area (Å²) in [5.41, 5.74) is -4.03. The van der Waals surface area contributed by atoms with Crippen molar-refractivity contribution >= 4 is 17.8 Å². The number of alkyl halides is 3. The van der Waals surface area contributed by atoms with E-state index >= 15 is 0 Å². The number of alkyl carbamates (subject to hydrolysis) is 1. The Labute approximate surface area is 179 Å². The molecule has 176 valence electrons. The fourth-order valence-corrected chi connectivity index (χ4v) is 3.85. The molecule has 13 heteroatoms. The average Bonchev–Trinajstić information content (AvgIpc) is 2.96. The molecule has 0 bridgehead atoms. The van der Waals surface area contributed by atoms with Crippen molar-refractivity contribution in [2.75, 3.05) is 6.61 Å². The van der Waals surface area contributed by atoms with Crippen LogP contribution < -0.4 is 5.32 Å². The Morgan fingerprint density at radius 2 is 2.00 bits per heavy atom. The maximum atomic E-state index is 14.8. The van der Waals surface area contributed by atoms with Gasteiger partial charge in [0, 0.05) is 17.7 Å². The number of carbonyl (C=O) groups is 1. The van der Waals surface area contributed by atoms with Gasteiger partial charge in [0.05, 0.1) is 23.6 Å². The zero-order valence-electron chi connectivity index (χ0n) is 17.5. The van der Waals surface area contributed by atoms with Gasteiger partial charge in [0.2, 0.25) is 6.10 Å². The number of hydrogen-bond donors (Lipinski definition) is 1. The number of rotatable bonds is 2. The number of benzene rings is 1. The highest BCUT2D eigenvalue weighted by molar-refractivity contribution is 5.91. The van der Waals surface area contributed by atoms with Crippen molar-refractivity contribution in [1.82, 2.24) is 5.32 Å². The lowest BCUT2D eigenvalue weighted by atomic mass is 9.74. The Morgan fingerprint density at radius 3 is 2.56 bits per heavy atom. The lowest BCUT2D eigenvalue weighted by Gasteiger charge is -2.41. The molecule has 0 aromatic heterocycles. The van der Waals surface area contributed by atoms with E-state index in [0.29, 0.717) is 0 Å². The summed E-state index contributed by atoms with van der Waals surface area (Å²) in [4.78, 5) is 26.6.